The number of thioether (sulfide) groups is 1. The highest BCUT2D eigenvalue weighted by Crippen LogP contribution is 2.32. The first-order valence-corrected chi connectivity index (χ1v) is 17.9. The summed E-state index contributed by atoms with van der Waals surface area (Å²) in [6.45, 7) is 14.8. The van der Waals surface area contributed by atoms with Crippen LogP contribution in [0.25, 0.3) is 0 Å². The minimum atomic E-state index is -0.906. The number of nitrogens with zero attached hydrogens (tertiary/aromatic N) is 1. The van der Waals surface area contributed by atoms with Crippen LogP contribution < -0.4 is 10.6 Å². The maximum atomic E-state index is 13.8. The molecule has 1 aliphatic heterocycles. The average Bonchev–Trinajstić information content (AvgIpc) is 3.27. The number of carboxylic acids is 1. The molecule has 1 aromatic rings. The molecule has 10 nitrogen and oxygen atoms in total. The van der Waals surface area contributed by atoms with Crippen LogP contribution in [0, 0.1) is 17.8 Å². The van der Waals surface area contributed by atoms with E-state index < -0.39 is 35.7 Å². The highest BCUT2D eigenvalue weighted by Gasteiger charge is 2.35. The molecule has 6 atom stereocenters. The Bertz CT molecular complexity index is 1290. The fourth-order valence-electron chi connectivity index (χ4n) is 5.62. The van der Waals surface area contributed by atoms with Crippen molar-refractivity contribution in [3.63, 3.8) is 0 Å². The van der Waals surface area contributed by atoms with E-state index in [9.17, 15) is 29.4 Å². The number of carbonyl (C=O) groups is 4. The van der Waals surface area contributed by atoms with E-state index in [1.165, 1.54) is 11.8 Å². The second-order valence-corrected chi connectivity index (χ2v) is 15.2. The van der Waals surface area contributed by atoms with Gasteiger partial charge in [0, 0.05) is 29.6 Å². The van der Waals surface area contributed by atoms with Gasteiger partial charge in [-0.2, -0.15) is 0 Å². The van der Waals surface area contributed by atoms with E-state index in [2.05, 4.69) is 10.6 Å². The van der Waals surface area contributed by atoms with Gasteiger partial charge in [0.2, 0.25) is 11.8 Å². The average molecular weight is 688 g/mol. The van der Waals surface area contributed by atoms with Crippen LogP contribution in [0.15, 0.2) is 52.3 Å². The summed E-state index contributed by atoms with van der Waals surface area (Å²) < 4.78 is 5.43. The number of aliphatic hydroxyl groups excluding tert-OH is 1. The van der Waals surface area contributed by atoms with Crippen LogP contribution in [0.2, 0.25) is 0 Å². The Morgan fingerprint density at radius 3 is 2.23 bits per heavy atom. The number of likely N-dealkylation sites (N-methyl/N-ethyl adjacent to an activating group) is 1. The fourth-order valence-corrected chi connectivity index (χ4v) is 6.59. The number of aliphatic hydroxyl groups is 1. The minimum Gasteiger partial charge on any atom is -0.481 e. The monoisotopic (exact) mass is 687 g/mol. The number of hydrogen-bond acceptors (Lipinski definition) is 7. The summed E-state index contributed by atoms with van der Waals surface area (Å²) in [5.74, 6) is -2.15. The van der Waals surface area contributed by atoms with E-state index >= 15 is 0 Å². The van der Waals surface area contributed by atoms with Gasteiger partial charge in [-0.1, -0.05) is 89.2 Å². The first-order chi connectivity index (χ1) is 22.4. The Morgan fingerprint density at radius 1 is 1.02 bits per heavy atom. The highest BCUT2D eigenvalue weighted by atomic mass is 32.2. The number of ether oxygens (including phenoxy) is 1. The topological polar surface area (TPSA) is 145 Å². The molecule has 0 saturated heterocycles. The third-order valence-corrected chi connectivity index (χ3v) is 9.78. The zero-order valence-corrected chi connectivity index (χ0v) is 30.9. The quantitative estimate of drug-likeness (QED) is 0.159. The normalized spacial score (nSPS) is 17.4. The van der Waals surface area contributed by atoms with E-state index in [0.29, 0.717) is 42.6 Å². The number of aliphatic carboxylic acids is 1. The van der Waals surface area contributed by atoms with Crippen LogP contribution in [0.5, 0.6) is 0 Å². The summed E-state index contributed by atoms with van der Waals surface area (Å²) in [6, 6.07) is 8.19. The number of hydrogen-bond donors (Lipinski definition) is 4. The smallest absolute Gasteiger partial charge is 0.408 e. The largest absolute Gasteiger partial charge is 0.481 e. The number of rotatable bonds is 16. The lowest BCUT2D eigenvalue weighted by atomic mass is 9.93. The summed E-state index contributed by atoms with van der Waals surface area (Å²) in [5, 5.41) is 28.5. The third kappa shape index (κ3) is 13.3. The van der Waals surface area contributed by atoms with Gasteiger partial charge in [0.1, 0.15) is 11.6 Å². The van der Waals surface area contributed by atoms with Crippen molar-refractivity contribution in [1.82, 2.24) is 15.5 Å². The minimum absolute atomic E-state index is 0.00992. The molecule has 0 radical (unpaired) electrons. The molecule has 0 saturated carbocycles. The first kappa shape index (κ1) is 40.9. The lowest BCUT2D eigenvalue weighted by Gasteiger charge is -2.37. The second-order valence-electron chi connectivity index (χ2n) is 14.3. The standard InChI is InChI=1S/C37H57N3O7S/c1-10-24(4)32(39-36(46)47-37(6,7)8)34(43)40(9)29(23(2)3)21-30(41)31-18-14-17-27(22-48-31)33(42)38-28(19-25(5)35(44)45)20-26-15-12-11-13-16-26/h11-13,15-16,18,22-25,28-30,32,41H,10,14,17,19-21H2,1-9H3,(H,38,42)(H,39,46)(H,44,45). The summed E-state index contributed by atoms with van der Waals surface area (Å²) >= 11 is 1.30. The molecule has 11 heteroatoms. The predicted molar refractivity (Wildman–Crippen MR) is 191 cm³/mol. The van der Waals surface area contributed by atoms with Gasteiger partial charge in [-0.05, 0) is 75.7 Å². The molecule has 1 heterocycles. The molecule has 6 unspecified atom stereocenters. The summed E-state index contributed by atoms with van der Waals surface area (Å²) in [5.41, 5.74) is 0.874. The van der Waals surface area contributed by atoms with Crippen molar-refractivity contribution in [2.24, 2.45) is 17.8 Å². The lowest BCUT2D eigenvalue weighted by molar-refractivity contribution is -0.141. The third-order valence-electron chi connectivity index (χ3n) is 8.67. The molecule has 1 aromatic carbocycles. The van der Waals surface area contributed by atoms with Crippen molar-refractivity contribution in [3.8, 4) is 0 Å². The van der Waals surface area contributed by atoms with Gasteiger partial charge >= 0.3 is 12.1 Å². The number of carboxylic acid groups (broad SMARTS) is 1. The number of carbonyl (C=O) groups excluding carboxylic acids is 3. The summed E-state index contributed by atoms with van der Waals surface area (Å²) in [7, 11) is 1.71. The van der Waals surface area contributed by atoms with Crippen LogP contribution in [0.1, 0.15) is 93.1 Å². The van der Waals surface area contributed by atoms with E-state index in [1.807, 2.05) is 64.1 Å². The Hall–Kier alpha value is -3.31. The fraction of sp³-hybridized carbons (Fsp3) is 0.622. The van der Waals surface area contributed by atoms with Gasteiger partial charge in [-0.25, -0.2) is 4.79 Å². The number of allylic oxidation sites excluding steroid dienone is 1. The molecule has 2 rings (SSSR count). The van der Waals surface area contributed by atoms with Gasteiger partial charge in [-0.15, -0.1) is 0 Å². The molecular formula is C37H57N3O7S. The number of amides is 3. The van der Waals surface area contributed by atoms with Crippen LogP contribution in [-0.4, -0.2) is 75.9 Å². The molecule has 1 aliphatic rings. The Kier molecular flexibility index (Phi) is 16.2. The van der Waals surface area contributed by atoms with Crippen LogP contribution in [0.4, 0.5) is 4.79 Å². The van der Waals surface area contributed by atoms with Crippen molar-refractivity contribution in [3.05, 3.63) is 57.9 Å². The van der Waals surface area contributed by atoms with Gasteiger partial charge < -0.3 is 30.5 Å². The lowest BCUT2D eigenvalue weighted by Crippen LogP contribution is -2.55. The van der Waals surface area contributed by atoms with E-state index in [1.54, 1.807) is 45.1 Å². The van der Waals surface area contributed by atoms with E-state index in [4.69, 9.17) is 4.74 Å². The second kappa shape index (κ2) is 19.0. The van der Waals surface area contributed by atoms with Gasteiger partial charge in [-0.3, -0.25) is 14.4 Å². The summed E-state index contributed by atoms with van der Waals surface area (Å²) in [6.07, 6.45) is 3.19. The zero-order valence-electron chi connectivity index (χ0n) is 30.1. The molecule has 268 valence electrons. The predicted octanol–water partition coefficient (Wildman–Crippen LogP) is 6.29. The molecule has 0 aliphatic carbocycles. The Balaban J connectivity index is 2.14. The van der Waals surface area contributed by atoms with Gasteiger partial charge in [0.25, 0.3) is 0 Å². The van der Waals surface area contributed by atoms with Crippen LogP contribution in [0.3, 0.4) is 0 Å². The Labute approximate surface area is 291 Å². The van der Waals surface area contributed by atoms with Gasteiger partial charge in [0.05, 0.1) is 12.0 Å². The van der Waals surface area contributed by atoms with Crippen molar-refractivity contribution < 1.29 is 34.1 Å². The first-order valence-electron chi connectivity index (χ1n) is 17.0. The maximum Gasteiger partial charge on any atom is 0.408 e. The number of benzene rings is 1. The molecule has 0 fully saturated rings. The van der Waals surface area contributed by atoms with E-state index in [-0.39, 0.29) is 42.2 Å². The molecule has 3 amide bonds. The SMILES string of the molecule is CCC(C)C(NC(=O)OC(C)(C)C)C(=O)N(C)C(CC(O)C1=CCCC(C(=O)NC(Cc2ccccc2)CC(C)C(=O)O)=CS1)C(C)C. The molecule has 0 spiro atoms. The number of nitrogens with one attached hydrogen (secondary N) is 2. The van der Waals surface area contributed by atoms with Crippen LogP contribution >= 0.6 is 11.8 Å². The molecule has 0 aromatic heterocycles. The van der Waals surface area contributed by atoms with Crippen LogP contribution in [-0.2, 0) is 25.5 Å². The molecule has 4 N–H and O–H groups in total. The van der Waals surface area contributed by atoms with Crippen molar-refractivity contribution in [2.75, 3.05) is 7.05 Å². The molecule has 0 bridgehead atoms. The Morgan fingerprint density at radius 2 is 1.67 bits per heavy atom. The van der Waals surface area contributed by atoms with E-state index in [0.717, 1.165) is 5.56 Å². The zero-order chi connectivity index (χ0) is 36.2. The van der Waals surface area contributed by atoms with Gasteiger partial charge in [0.15, 0.2) is 0 Å². The van der Waals surface area contributed by atoms with Crippen molar-refractivity contribution in [1.29, 1.82) is 0 Å². The number of alkyl carbamates (subject to hydrolysis) is 1. The molecule has 48 heavy (non-hydrogen) atoms. The van der Waals surface area contributed by atoms with Crippen molar-refractivity contribution >= 4 is 35.6 Å². The highest BCUT2D eigenvalue weighted by molar-refractivity contribution is 8.05. The van der Waals surface area contributed by atoms with Crippen molar-refractivity contribution in [2.45, 2.75) is 124 Å². The summed E-state index contributed by atoms with van der Waals surface area (Å²) in [4.78, 5) is 53.7. The molecular weight excluding hydrogens is 630 g/mol. The maximum absolute atomic E-state index is 13.8.